The molecule has 0 aliphatic carbocycles. The number of piperidine rings is 1. The van der Waals surface area contributed by atoms with Crippen LogP contribution in [0.5, 0.6) is 0 Å². The van der Waals surface area contributed by atoms with Crippen molar-refractivity contribution in [2.24, 2.45) is 0 Å². The SMILES string of the molecule is CN(c1ccc(F)cc1)S(=O)(=O)N1CCCCC1. The molecule has 1 heterocycles. The van der Waals surface area contributed by atoms with E-state index < -0.39 is 10.2 Å². The number of hydrogen-bond donors (Lipinski definition) is 0. The summed E-state index contributed by atoms with van der Waals surface area (Å²) in [5.41, 5.74) is 0.474. The number of nitrogens with zero attached hydrogens (tertiary/aromatic N) is 2. The van der Waals surface area contributed by atoms with Crippen LogP contribution in [0.3, 0.4) is 0 Å². The average Bonchev–Trinajstić information content (AvgIpc) is 2.40. The fraction of sp³-hybridized carbons (Fsp3) is 0.500. The van der Waals surface area contributed by atoms with E-state index in [9.17, 15) is 12.8 Å². The van der Waals surface area contributed by atoms with Gasteiger partial charge in [-0.15, -0.1) is 0 Å². The average molecular weight is 272 g/mol. The summed E-state index contributed by atoms with van der Waals surface area (Å²) in [6.45, 7) is 1.13. The zero-order valence-corrected chi connectivity index (χ0v) is 11.2. The Morgan fingerprint density at radius 2 is 1.67 bits per heavy atom. The topological polar surface area (TPSA) is 40.6 Å². The van der Waals surface area contributed by atoms with Crippen molar-refractivity contribution in [3.63, 3.8) is 0 Å². The Morgan fingerprint density at radius 1 is 1.11 bits per heavy atom. The second kappa shape index (κ2) is 5.24. The van der Waals surface area contributed by atoms with Gasteiger partial charge in [0.2, 0.25) is 0 Å². The van der Waals surface area contributed by atoms with Gasteiger partial charge in [0.15, 0.2) is 0 Å². The number of anilines is 1. The quantitative estimate of drug-likeness (QED) is 0.844. The van der Waals surface area contributed by atoms with E-state index in [0.29, 0.717) is 18.8 Å². The molecule has 0 aromatic heterocycles. The highest BCUT2D eigenvalue weighted by atomic mass is 32.2. The summed E-state index contributed by atoms with van der Waals surface area (Å²) >= 11 is 0. The first kappa shape index (κ1) is 13.3. The lowest BCUT2D eigenvalue weighted by Gasteiger charge is -2.31. The van der Waals surface area contributed by atoms with E-state index in [0.717, 1.165) is 19.3 Å². The van der Waals surface area contributed by atoms with E-state index in [1.54, 1.807) is 0 Å². The summed E-state index contributed by atoms with van der Waals surface area (Å²) < 4.78 is 40.2. The highest BCUT2D eigenvalue weighted by Gasteiger charge is 2.28. The highest BCUT2D eigenvalue weighted by Crippen LogP contribution is 2.21. The molecule has 0 atom stereocenters. The molecule has 100 valence electrons. The molecule has 6 heteroatoms. The summed E-state index contributed by atoms with van der Waals surface area (Å²) in [7, 11) is -1.99. The number of rotatable bonds is 3. The molecule has 1 saturated heterocycles. The van der Waals surface area contributed by atoms with Gasteiger partial charge >= 0.3 is 10.2 Å². The standard InChI is InChI=1S/C12H17FN2O2S/c1-14(12-7-5-11(13)6-8-12)18(16,17)15-9-3-2-4-10-15/h5-8H,2-4,9-10H2,1H3. The van der Waals surface area contributed by atoms with E-state index in [1.165, 1.54) is 39.9 Å². The van der Waals surface area contributed by atoms with Crippen LogP contribution in [-0.2, 0) is 10.2 Å². The van der Waals surface area contributed by atoms with Gasteiger partial charge in [-0.25, -0.2) is 4.39 Å². The Hall–Kier alpha value is -1.14. The molecule has 1 aliphatic heterocycles. The molecule has 1 fully saturated rings. The third-order valence-electron chi connectivity index (χ3n) is 3.18. The molecule has 1 aromatic carbocycles. The van der Waals surface area contributed by atoms with E-state index in [-0.39, 0.29) is 5.82 Å². The fourth-order valence-electron chi connectivity index (χ4n) is 2.05. The van der Waals surface area contributed by atoms with Gasteiger partial charge in [-0.1, -0.05) is 6.42 Å². The van der Waals surface area contributed by atoms with Crippen LogP contribution in [0.2, 0.25) is 0 Å². The molecular formula is C12H17FN2O2S. The van der Waals surface area contributed by atoms with E-state index in [1.807, 2.05) is 0 Å². The number of benzene rings is 1. The first-order valence-electron chi connectivity index (χ1n) is 6.01. The lowest BCUT2D eigenvalue weighted by Crippen LogP contribution is -2.44. The van der Waals surface area contributed by atoms with Gasteiger partial charge in [0.25, 0.3) is 0 Å². The van der Waals surface area contributed by atoms with Gasteiger partial charge in [0.05, 0.1) is 5.69 Å². The minimum Gasteiger partial charge on any atom is -0.261 e. The van der Waals surface area contributed by atoms with Crippen molar-refractivity contribution in [2.75, 3.05) is 24.4 Å². The van der Waals surface area contributed by atoms with Crippen LogP contribution >= 0.6 is 0 Å². The molecule has 1 aromatic rings. The molecule has 0 amide bonds. The first-order chi connectivity index (χ1) is 8.51. The van der Waals surface area contributed by atoms with Gasteiger partial charge in [-0.3, -0.25) is 4.31 Å². The molecule has 4 nitrogen and oxygen atoms in total. The molecule has 0 radical (unpaired) electrons. The second-order valence-electron chi connectivity index (χ2n) is 4.41. The number of halogens is 1. The van der Waals surface area contributed by atoms with Gasteiger partial charge in [-0.2, -0.15) is 12.7 Å². The zero-order valence-electron chi connectivity index (χ0n) is 10.3. The predicted molar refractivity (Wildman–Crippen MR) is 69.1 cm³/mol. The fourth-order valence-corrected chi connectivity index (χ4v) is 3.51. The van der Waals surface area contributed by atoms with E-state index >= 15 is 0 Å². The zero-order chi connectivity index (χ0) is 13.2. The predicted octanol–water partition coefficient (Wildman–Crippen LogP) is 1.99. The smallest absolute Gasteiger partial charge is 0.261 e. The largest absolute Gasteiger partial charge is 0.303 e. The van der Waals surface area contributed by atoms with Gasteiger partial charge < -0.3 is 0 Å². The van der Waals surface area contributed by atoms with Crippen LogP contribution in [-0.4, -0.2) is 32.9 Å². The summed E-state index contributed by atoms with van der Waals surface area (Å²) in [6, 6.07) is 5.46. The molecule has 2 rings (SSSR count). The van der Waals surface area contributed by atoms with Gasteiger partial charge in [0, 0.05) is 20.1 Å². The summed E-state index contributed by atoms with van der Waals surface area (Å²) in [6.07, 6.45) is 2.87. The van der Waals surface area contributed by atoms with Crippen LogP contribution < -0.4 is 4.31 Å². The Balaban J connectivity index is 2.20. The van der Waals surface area contributed by atoms with Crippen molar-refractivity contribution < 1.29 is 12.8 Å². The van der Waals surface area contributed by atoms with Gasteiger partial charge in [0.1, 0.15) is 5.82 Å². The van der Waals surface area contributed by atoms with Crippen molar-refractivity contribution >= 4 is 15.9 Å². The van der Waals surface area contributed by atoms with Crippen LogP contribution in [0.1, 0.15) is 19.3 Å². The third-order valence-corrected chi connectivity index (χ3v) is 5.10. The maximum Gasteiger partial charge on any atom is 0.303 e. The molecule has 0 unspecified atom stereocenters. The summed E-state index contributed by atoms with van der Waals surface area (Å²) in [4.78, 5) is 0. The van der Waals surface area contributed by atoms with Crippen LogP contribution in [0.15, 0.2) is 24.3 Å². The van der Waals surface area contributed by atoms with Crippen LogP contribution in [0.4, 0.5) is 10.1 Å². The Kier molecular flexibility index (Phi) is 3.87. The lowest BCUT2D eigenvalue weighted by molar-refractivity contribution is 0.346. The monoisotopic (exact) mass is 272 g/mol. The summed E-state index contributed by atoms with van der Waals surface area (Å²) in [5, 5.41) is 0. The Morgan fingerprint density at radius 3 is 2.22 bits per heavy atom. The Labute approximate surface area is 107 Å². The molecule has 18 heavy (non-hydrogen) atoms. The molecular weight excluding hydrogens is 255 g/mol. The van der Waals surface area contributed by atoms with E-state index in [4.69, 9.17) is 0 Å². The maximum absolute atomic E-state index is 12.8. The molecule has 0 bridgehead atoms. The molecule has 1 aliphatic rings. The van der Waals surface area contributed by atoms with Crippen molar-refractivity contribution in [2.45, 2.75) is 19.3 Å². The maximum atomic E-state index is 12.8. The normalized spacial score (nSPS) is 17.7. The minimum absolute atomic E-state index is 0.373. The van der Waals surface area contributed by atoms with Crippen molar-refractivity contribution in [1.29, 1.82) is 0 Å². The van der Waals surface area contributed by atoms with Crippen molar-refractivity contribution in [3.8, 4) is 0 Å². The third kappa shape index (κ3) is 2.64. The number of hydrogen-bond acceptors (Lipinski definition) is 2. The van der Waals surface area contributed by atoms with Crippen LogP contribution in [0.25, 0.3) is 0 Å². The summed E-state index contributed by atoms with van der Waals surface area (Å²) in [5.74, 6) is -0.373. The van der Waals surface area contributed by atoms with Crippen molar-refractivity contribution in [3.05, 3.63) is 30.1 Å². The van der Waals surface area contributed by atoms with Crippen molar-refractivity contribution in [1.82, 2.24) is 4.31 Å². The molecule has 0 N–H and O–H groups in total. The van der Waals surface area contributed by atoms with Gasteiger partial charge in [-0.05, 0) is 37.1 Å². The van der Waals surface area contributed by atoms with E-state index in [2.05, 4.69) is 0 Å². The van der Waals surface area contributed by atoms with Crippen LogP contribution in [0, 0.1) is 5.82 Å². The molecule has 0 saturated carbocycles. The molecule has 0 spiro atoms. The minimum atomic E-state index is -3.48. The lowest BCUT2D eigenvalue weighted by atomic mass is 10.2. The second-order valence-corrected chi connectivity index (χ2v) is 6.37. The highest BCUT2D eigenvalue weighted by molar-refractivity contribution is 7.90. The first-order valence-corrected chi connectivity index (χ1v) is 7.41. The Bertz CT molecular complexity index is 495.